The summed E-state index contributed by atoms with van der Waals surface area (Å²) in [5.41, 5.74) is 3.43. The summed E-state index contributed by atoms with van der Waals surface area (Å²) in [5.74, 6) is 0.0967. The SMILES string of the molecule is O=C([C@H]1CC(=O)N(C2CC2)C1)N1CCc2[nH]c3ccc(Cl)cc3c2C1. The summed E-state index contributed by atoms with van der Waals surface area (Å²) in [7, 11) is 0. The van der Waals surface area contributed by atoms with Crippen LogP contribution in [0.3, 0.4) is 0 Å². The smallest absolute Gasteiger partial charge is 0.228 e. The number of amides is 2. The van der Waals surface area contributed by atoms with Crippen LogP contribution >= 0.6 is 11.6 Å². The number of hydrogen-bond donors (Lipinski definition) is 1. The zero-order chi connectivity index (χ0) is 17.1. The van der Waals surface area contributed by atoms with Crippen molar-refractivity contribution < 1.29 is 9.59 Å². The number of hydrogen-bond acceptors (Lipinski definition) is 2. The van der Waals surface area contributed by atoms with Crippen molar-refractivity contribution in [3.63, 3.8) is 0 Å². The van der Waals surface area contributed by atoms with Crippen molar-refractivity contribution in [1.82, 2.24) is 14.8 Å². The number of aromatic nitrogens is 1. The minimum Gasteiger partial charge on any atom is -0.358 e. The molecule has 3 heterocycles. The molecule has 3 aliphatic rings. The minimum absolute atomic E-state index is 0.124. The molecule has 1 aromatic carbocycles. The number of carbonyl (C=O) groups excluding carboxylic acids is 2. The van der Waals surface area contributed by atoms with Crippen molar-refractivity contribution >= 4 is 34.3 Å². The largest absolute Gasteiger partial charge is 0.358 e. The van der Waals surface area contributed by atoms with E-state index in [9.17, 15) is 9.59 Å². The van der Waals surface area contributed by atoms with Gasteiger partial charge in [-0.25, -0.2) is 0 Å². The maximum atomic E-state index is 13.0. The summed E-state index contributed by atoms with van der Waals surface area (Å²) in [6.07, 6.45) is 3.38. The summed E-state index contributed by atoms with van der Waals surface area (Å²) < 4.78 is 0. The Morgan fingerprint density at radius 3 is 2.92 bits per heavy atom. The molecule has 1 aromatic heterocycles. The molecule has 0 unspecified atom stereocenters. The van der Waals surface area contributed by atoms with Crippen LogP contribution < -0.4 is 0 Å². The summed E-state index contributed by atoms with van der Waals surface area (Å²) in [4.78, 5) is 32.4. The van der Waals surface area contributed by atoms with E-state index in [1.54, 1.807) is 0 Å². The zero-order valence-electron chi connectivity index (χ0n) is 13.9. The number of rotatable bonds is 2. The van der Waals surface area contributed by atoms with Crippen LogP contribution in [0.1, 0.15) is 30.5 Å². The molecule has 1 saturated carbocycles. The molecule has 1 aliphatic carbocycles. The molecule has 0 radical (unpaired) electrons. The molecule has 2 fully saturated rings. The molecule has 5 rings (SSSR count). The molecule has 25 heavy (non-hydrogen) atoms. The van der Waals surface area contributed by atoms with Gasteiger partial charge in [0, 0.05) is 65.7 Å². The van der Waals surface area contributed by atoms with Gasteiger partial charge in [0.1, 0.15) is 0 Å². The second-order valence-corrected chi connectivity index (χ2v) is 7.90. The highest BCUT2D eigenvalue weighted by Gasteiger charge is 2.43. The highest BCUT2D eigenvalue weighted by molar-refractivity contribution is 6.31. The Balaban J connectivity index is 1.38. The number of aromatic amines is 1. The lowest BCUT2D eigenvalue weighted by Crippen LogP contribution is -2.40. The first kappa shape index (κ1) is 15.3. The van der Waals surface area contributed by atoms with E-state index in [1.165, 1.54) is 11.3 Å². The summed E-state index contributed by atoms with van der Waals surface area (Å²) in [6, 6.07) is 6.24. The lowest BCUT2D eigenvalue weighted by Gasteiger charge is -2.29. The van der Waals surface area contributed by atoms with E-state index in [2.05, 4.69) is 4.98 Å². The van der Waals surface area contributed by atoms with Gasteiger partial charge in [-0.15, -0.1) is 0 Å². The predicted octanol–water partition coefficient (Wildman–Crippen LogP) is 2.72. The van der Waals surface area contributed by atoms with Gasteiger partial charge in [0.25, 0.3) is 0 Å². The predicted molar refractivity (Wildman–Crippen MR) is 95.3 cm³/mol. The molecular formula is C19H20ClN3O2. The van der Waals surface area contributed by atoms with E-state index in [-0.39, 0.29) is 17.7 Å². The Labute approximate surface area is 150 Å². The Hall–Kier alpha value is -2.01. The van der Waals surface area contributed by atoms with Crippen LogP contribution in [-0.2, 0) is 22.6 Å². The van der Waals surface area contributed by atoms with E-state index >= 15 is 0 Å². The van der Waals surface area contributed by atoms with Crippen molar-refractivity contribution in [1.29, 1.82) is 0 Å². The van der Waals surface area contributed by atoms with Crippen LogP contribution in [0.25, 0.3) is 10.9 Å². The molecule has 6 heteroatoms. The van der Waals surface area contributed by atoms with Crippen LogP contribution in [0.4, 0.5) is 0 Å². The molecule has 2 aliphatic heterocycles. The monoisotopic (exact) mass is 357 g/mol. The van der Waals surface area contributed by atoms with Gasteiger partial charge in [0.15, 0.2) is 0 Å². The number of nitrogens with one attached hydrogen (secondary N) is 1. The van der Waals surface area contributed by atoms with Gasteiger partial charge in [-0.2, -0.15) is 0 Å². The summed E-state index contributed by atoms with van der Waals surface area (Å²) in [5, 5.41) is 1.81. The lowest BCUT2D eigenvalue weighted by atomic mass is 10.0. The Bertz CT molecular complexity index is 886. The fourth-order valence-corrected chi connectivity index (χ4v) is 4.44. The van der Waals surface area contributed by atoms with Gasteiger partial charge >= 0.3 is 0 Å². The van der Waals surface area contributed by atoms with Crippen LogP contribution in [0.5, 0.6) is 0 Å². The lowest BCUT2D eigenvalue weighted by molar-refractivity contribution is -0.136. The van der Waals surface area contributed by atoms with Crippen LogP contribution in [-0.4, -0.2) is 45.7 Å². The molecule has 0 bridgehead atoms. The molecule has 1 atom stereocenters. The standard InChI is InChI=1S/C19H20ClN3O2/c20-12-1-4-16-14(8-12)15-10-22(6-5-17(15)21-16)19(25)11-7-18(24)23(9-11)13-2-3-13/h1,4,8,11,13,21H,2-3,5-7,9-10H2/t11-/m0/s1. The van der Waals surface area contributed by atoms with Crippen LogP contribution in [0.15, 0.2) is 18.2 Å². The average Bonchev–Trinajstić information content (AvgIpc) is 3.29. The third-order valence-corrected chi connectivity index (χ3v) is 5.98. The quantitative estimate of drug-likeness (QED) is 0.898. The number of fused-ring (bicyclic) bond motifs is 3. The molecule has 1 N–H and O–H groups in total. The van der Waals surface area contributed by atoms with Gasteiger partial charge in [-0.3, -0.25) is 9.59 Å². The van der Waals surface area contributed by atoms with Crippen molar-refractivity contribution in [2.45, 2.75) is 38.3 Å². The topological polar surface area (TPSA) is 56.4 Å². The number of benzene rings is 1. The van der Waals surface area contributed by atoms with E-state index in [0.717, 1.165) is 30.2 Å². The number of carbonyl (C=O) groups is 2. The normalized spacial score (nSPS) is 23.4. The fourth-order valence-electron chi connectivity index (χ4n) is 4.27. The molecule has 5 nitrogen and oxygen atoms in total. The van der Waals surface area contributed by atoms with Gasteiger partial charge in [0.2, 0.25) is 11.8 Å². The third kappa shape index (κ3) is 2.53. The Morgan fingerprint density at radius 2 is 2.12 bits per heavy atom. The van der Waals surface area contributed by atoms with Crippen LogP contribution in [0, 0.1) is 5.92 Å². The number of halogens is 1. The van der Waals surface area contributed by atoms with Crippen molar-refractivity contribution in [2.24, 2.45) is 5.92 Å². The van der Waals surface area contributed by atoms with Crippen molar-refractivity contribution in [3.8, 4) is 0 Å². The van der Waals surface area contributed by atoms with E-state index < -0.39 is 0 Å². The molecule has 2 amide bonds. The first-order valence-corrected chi connectivity index (χ1v) is 9.35. The van der Waals surface area contributed by atoms with Gasteiger partial charge in [0.05, 0.1) is 5.92 Å². The second-order valence-electron chi connectivity index (χ2n) is 7.46. The maximum absolute atomic E-state index is 13.0. The number of nitrogens with zero attached hydrogens (tertiary/aromatic N) is 2. The van der Waals surface area contributed by atoms with Gasteiger partial charge in [-0.1, -0.05) is 11.6 Å². The number of H-pyrrole nitrogens is 1. The molecule has 2 aromatic rings. The molecule has 1 saturated heterocycles. The average molecular weight is 358 g/mol. The summed E-state index contributed by atoms with van der Waals surface area (Å²) >= 11 is 6.15. The minimum atomic E-state index is -0.177. The van der Waals surface area contributed by atoms with Gasteiger partial charge in [-0.05, 0) is 31.0 Å². The van der Waals surface area contributed by atoms with E-state index in [4.69, 9.17) is 11.6 Å². The zero-order valence-corrected chi connectivity index (χ0v) is 14.7. The second kappa shape index (κ2) is 5.49. The first-order chi connectivity index (χ1) is 12.1. The Morgan fingerprint density at radius 1 is 1.28 bits per heavy atom. The van der Waals surface area contributed by atoms with Crippen molar-refractivity contribution in [3.05, 3.63) is 34.5 Å². The van der Waals surface area contributed by atoms with Gasteiger partial charge < -0.3 is 14.8 Å². The fraction of sp³-hybridized carbons (Fsp3) is 0.474. The molecular weight excluding hydrogens is 338 g/mol. The van der Waals surface area contributed by atoms with Crippen molar-refractivity contribution in [2.75, 3.05) is 13.1 Å². The number of likely N-dealkylation sites (tertiary alicyclic amines) is 1. The van der Waals surface area contributed by atoms with Crippen LogP contribution in [0.2, 0.25) is 5.02 Å². The summed E-state index contributed by atoms with van der Waals surface area (Å²) in [6.45, 7) is 1.91. The third-order valence-electron chi connectivity index (χ3n) is 5.74. The van der Waals surface area contributed by atoms with E-state index in [1.807, 2.05) is 28.0 Å². The highest BCUT2D eigenvalue weighted by atomic mass is 35.5. The van der Waals surface area contributed by atoms with E-state index in [0.29, 0.717) is 37.1 Å². The highest BCUT2D eigenvalue weighted by Crippen LogP contribution is 2.35. The Kier molecular flexibility index (Phi) is 3.35. The molecule has 0 spiro atoms. The maximum Gasteiger partial charge on any atom is 0.228 e. The molecule has 130 valence electrons. The first-order valence-electron chi connectivity index (χ1n) is 8.97.